The number of likely N-dealkylation sites (tertiary alicyclic amines) is 1. The van der Waals surface area contributed by atoms with E-state index in [0.717, 1.165) is 32.6 Å². The van der Waals surface area contributed by atoms with Crippen molar-refractivity contribution in [1.29, 1.82) is 0 Å². The van der Waals surface area contributed by atoms with Crippen LogP contribution in [0.2, 0.25) is 0 Å². The van der Waals surface area contributed by atoms with E-state index in [4.69, 9.17) is 5.73 Å². The fraction of sp³-hybridized carbons (Fsp3) is 0.909. The van der Waals surface area contributed by atoms with Gasteiger partial charge in [-0.1, -0.05) is 0 Å². The molecule has 3 unspecified atom stereocenters. The van der Waals surface area contributed by atoms with Crippen molar-refractivity contribution >= 4 is 30.7 Å². The number of hydrogen-bond acceptors (Lipinski definition) is 3. The van der Waals surface area contributed by atoms with Gasteiger partial charge in [-0.3, -0.25) is 4.79 Å². The highest BCUT2D eigenvalue weighted by Gasteiger charge is 2.44. The molecule has 3 rings (SSSR count). The molecule has 17 heavy (non-hydrogen) atoms. The molecule has 6 heteroatoms. The summed E-state index contributed by atoms with van der Waals surface area (Å²) in [6, 6.07) is 0.340. The zero-order valence-electron chi connectivity index (χ0n) is 9.80. The highest BCUT2D eigenvalue weighted by atomic mass is 35.5. The Morgan fingerprint density at radius 1 is 1.18 bits per heavy atom. The predicted molar refractivity (Wildman–Crippen MR) is 71.6 cm³/mol. The minimum atomic E-state index is 0. The van der Waals surface area contributed by atoms with Crippen molar-refractivity contribution in [3.63, 3.8) is 0 Å². The van der Waals surface area contributed by atoms with Crippen LogP contribution < -0.4 is 11.1 Å². The molecule has 3 aliphatic rings. The van der Waals surface area contributed by atoms with E-state index >= 15 is 0 Å². The van der Waals surface area contributed by atoms with Crippen LogP contribution >= 0.6 is 24.8 Å². The van der Waals surface area contributed by atoms with Gasteiger partial charge in [-0.15, -0.1) is 24.8 Å². The lowest BCUT2D eigenvalue weighted by atomic mass is 9.98. The van der Waals surface area contributed by atoms with Gasteiger partial charge in [-0.2, -0.15) is 0 Å². The van der Waals surface area contributed by atoms with E-state index in [1.54, 1.807) is 0 Å². The Morgan fingerprint density at radius 3 is 2.41 bits per heavy atom. The smallest absolute Gasteiger partial charge is 0.228 e. The molecule has 4 nitrogen and oxygen atoms in total. The second-order valence-corrected chi connectivity index (χ2v) is 5.26. The van der Waals surface area contributed by atoms with E-state index in [9.17, 15) is 4.79 Å². The van der Waals surface area contributed by atoms with E-state index in [-0.39, 0.29) is 30.7 Å². The lowest BCUT2D eigenvalue weighted by Gasteiger charge is -2.30. The van der Waals surface area contributed by atoms with Gasteiger partial charge in [0.25, 0.3) is 0 Å². The van der Waals surface area contributed by atoms with Gasteiger partial charge in [-0.25, -0.2) is 0 Å². The van der Waals surface area contributed by atoms with E-state index in [1.807, 2.05) is 0 Å². The summed E-state index contributed by atoms with van der Waals surface area (Å²) in [5.41, 5.74) is 6.05. The minimum absolute atomic E-state index is 0. The summed E-state index contributed by atoms with van der Waals surface area (Å²) in [5, 5.41) is 3.15. The zero-order chi connectivity index (χ0) is 10.4. The number of fused-ring (bicyclic) bond motifs is 1. The number of carbonyl (C=O) groups is 1. The lowest BCUT2D eigenvalue weighted by Crippen LogP contribution is -2.51. The summed E-state index contributed by atoms with van der Waals surface area (Å²) in [6.07, 6.45) is 2.38. The summed E-state index contributed by atoms with van der Waals surface area (Å²) in [4.78, 5) is 14.1. The Balaban J connectivity index is 0.000000722. The molecule has 1 aliphatic carbocycles. The van der Waals surface area contributed by atoms with Gasteiger partial charge < -0.3 is 16.0 Å². The van der Waals surface area contributed by atoms with Gasteiger partial charge in [-0.05, 0) is 24.7 Å². The number of halogens is 2. The SMILES string of the molecule is Cl.Cl.NC1CCC2CN(C(=O)C3CNC3)CC12. The molecular weight excluding hydrogens is 261 g/mol. The normalized spacial score (nSPS) is 35.6. The maximum absolute atomic E-state index is 12.0. The fourth-order valence-corrected chi connectivity index (χ4v) is 3.21. The average Bonchev–Trinajstić information content (AvgIpc) is 2.65. The molecule has 2 heterocycles. The van der Waals surface area contributed by atoms with Gasteiger partial charge >= 0.3 is 0 Å². The standard InChI is InChI=1S/C11H19N3O.2ClH/c12-10-2-1-7-5-14(6-9(7)10)11(15)8-3-13-4-8;;/h7-10,13H,1-6,12H2;2*1H. The third-order valence-corrected chi connectivity index (χ3v) is 4.35. The second kappa shape index (κ2) is 5.74. The van der Waals surface area contributed by atoms with Crippen LogP contribution in [0, 0.1) is 17.8 Å². The summed E-state index contributed by atoms with van der Waals surface area (Å²) < 4.78 is 0. The third-order valence-electron chi connectivity index (χ3n) is 4.35. The van der Waals surface area contributed by atoms with Crippen LogP contribution in [-0.2, 0) is 4.79 Å². The van der Waals surface area contributed by atoms with Crippen molar-refractivity contribution in [3.05, 3.63) is 0 Å². The molecule has 3 N–H and O–H groups in total. The number of carbonyl (C=O) groups excluding carboxylic acids is 1. The van der Waals surface area contributed by atoms with Crippen molar-refractivity contribution in [2.75, 3.05) is 26.2 Å². The summed E-state index contributed by atoms with van der Waals surface area (Å²) in [7, 11) is 0. The third kappa shape index (κ3) is 2.55. The van der Waals surface area contributed by atoms with Gasteiger partial charge in [0, 0.05) is 32.2 Å². The minimum Gasteiger partial charge on any atom is -0.342 e. The summed E-state index contributed by atoms with van der Waals surface area (Å²) >= 11 is 0. The number of amides is 1. The molecule has 0 aromatic heterocycles. The molecule has 0 bridgehead atoms. The first-order valence-electron chi connectivity index (χ1n) is 6.01. The summed E-state index contributed by atoms with van der Waals surface area (Å²) in [6.45, 7) is 3.63. The van der Waals surface area contributed by atoms with Crippen molar-refractivity contribution in [2.45, 2.75) is 18.9 Å². The molecule has 2 saturated heterocycles. The van der Waals surface area contributed by atoms with Gasteiger partial charge in [0.1, 0.15) is 0 Å². The van der Waals surface area contributed by atoms with E-state index in [0.29, 0.717) is 23.8 Å². The first kappa shape index (κ1) is 15.0. The van der Waals surface area contributed by atoms with Gasteiger partial charge in [0.2, 0.25) is 5.91 Å². The molecule has 1 saturated carbocycles. The van der Waals surface area contributed by atoms with Crippen molar-refractivity contribution in [3.8, 4) is 0 Å². The molecule has 100 valence electrons. The Hall–Kier alpha value is -0.0300. The average molecular weight is 282 g/mol. The number of rotatable bonds is 1. The quantitative estimate of drug-likeness (QED) is 0.724. The first-order valence-corrected chi connectivity index (χ1v) is 6.01. The number of nitrogens with two attached hydrogens (primary N) is 1. The zero-order valence-corrected chi connectivity index (χ0v) is 11.4. The summed E-state index contributed by atoms with van der Waals surface area (Å²) in [5.74, 6) is 1.88. The first-order chi connectivity index (χ1) is 7.25. The van der Waals surface area contributed by atoms with Crippen molar-refractivity contribution in [1.82, 2.24) is 10.2 Å². The van der Waals surface area contributed by atoms with E-state index in [2.05, 4.69) is 10.2 Å². The van der Waals surface area contributed by atoms with Crippen LogP contribution in [0.4, 0.5) is 0 Å². The second-order valence-electron chi connectivity index (χ2n) is 5.26. The van der Waals surface area contributed by atoms with E-state index in [1.165, 1.54) is 6.42 Å². The Bertz CT molecular complexity index is 286. The highest BCUT2D eigenvalue weighted by molar-refractivity contribution is 5.85. The molecule has 0 aromatic carbocycles. The Morgan fingerprint density at radius 2 is 1.88 bits per heavy atom. The van der Waals surface area contributed by atoms with Gasteiger partial charge in [0.15, 0.2) is 0 Å². The van der Waals surface area contributed by atoms with Crippen LogP contribution in [-0.4, -0.2) is 43.0 Å². The molecule has 3 fully saturated rings. The van der Waals surface area contributed by atoms with Crippen molar-refractivity contribution in [2.24, 2.45) is 23.5 Å². The fourth-order valence-electron chi connectivity index (χ4n) is 3.21. The molecule has 3 atom stereocenters. The molecule has 2 aliphatic heterocycles. The molecule has 0 radical (unpaired) electrons. The largest absolute Gasteiger partial charge is 0.342 e. The maximum Gasteiger partial charge on any atom is 0.228 e. The maximum atomic E-state index is 12.0. The monoisotopic (exact) mass is 281 g/mol. The molecular formula is C11H21Cl2N3O. The number of nitrogens with zero attached hydrogens (tertiary/aromatic N) is 1. The number of hydrogen-bond donors (Lipinski definition) is 2. The van der Waals surface area contributed by atoms with Crippen molar-refractivity contribution < 1.29 is 4.79 Å². The van der Waals surface area contributed by atoms with Crippen LogP contribution in [0.1, 0.15) is 12.8 Å². The van der Waals surface area contributed by atoms with E-state index < -0.39 is 0 Å². The van der Waals surface area contributed by atoms with Gasteiger partial charge in [0.05, 0.1) is 5.92 Å². The highest BCUT2D eigenvalue weighted by Crippen LogP contribution is 2.37. The molecule has 0 aromatic rings. The van der Waals surface area contributed by atoms with Crippen LogP contribution in [0.5, 0.6) is 0 Å². The van der Waals surface area contributed by atoms with Crippen LogP contribution in [0.3, 0.4) is 0 Å². The predicted octanol–water partition coefficient (Wildman–Crippen LogP) is 0.245. The Kier molecular flexibility index (Phi) is 5.07. The molecule has 0 spiro atoms. The topological polar surface area (TPSA) is 58.4 Å². The number of nitrogens with one attached hydrogen (secondary N) is 1. The van der Waals surface area contributed by atoms with Crippen LogP contribution in [0.15, 0.2) is 0 Å². The Labute approximate surface area is 114 Å². The lowest BCUT2D eigenvalue weighted by molar-refractivity contribution is -0.136. The van der Waals surface area contributed by atoms with Crippen LogP contribution in [0.25, 0.3) is 0 Å². The molecule has 1 amide bonds.